The molecule has 0 radical (unpaired) electrons. The Kier molecular flexibility index (Phi) is 4.65. The number of primary amides is 1. The number of anilines is 1. The first-order valence-corrected chi connectivity index (χ1v) is 6.54. The lowest BCUT2D eigenvalue weighted by Crippen LogP contribution is -2.12. The first kappa shape index (κ1) is 15.1. The molecule has 2 rings (SSSR count). The van der Waals surface area contributed by atoms with Gasteiger partial charge in [0, 0.05) is 22.7 Å². The van der Waals surface area contributed by atoms with Crippen LogP contribution in [0.3, 0.4) is 0 Å². The average molecular weight is 309 g/mol. The zero-order chi connectivity index (χ0) is 15.4. The number of benzene rings is 2. The molecule has 110 valence electrons. The van der Waals surface area contributed by atoms with E-state index < -0.39 is 11.7 Å². The summed E-state index contributed by atoms with van der Waals surface area (Å²) in [6.45, 7) is 0.295. The molecule has 3 N–H and O–H groups in total. The van der Waals surface area contributed by atoms with Crippen LogP contribution in [0.15, 0.2) is 36.4 Å². The molecule has 0 aliphatic rings. The Labute approximate surface area is 126 Å². The Morgan fingerprint density at radius 2 is 2.10 bits per heavy atom. The van der Waals surface area contributed by atoms with E-state index in [1.807, 2.05) is 0 Å². The fraction of sp³-hybridized carbons (Fsp3) is 0.133. The third-order valence-corrected chi connectivity index (χ3v) is 3.20. The molecule has 4 nitrogen and oxygen atoms in total. The van der Waals surface area contributed by atoms with Crippen molar-refractivity contribution in [2.75, 3.05) is 12.4 Å². The van der Waals surface area contributed by atoms with Gasteiger partial charge in [-0.2, -0.15) is 0 Å². The van der Waals surface area contributed by atoms with E-state index in [1.54, 1.807) is 25.3 Å². The summed E-state index contributed by atoms with van der Waals surface area (Å²) in [7, 11) is 1.54. The molecular weight excluding hydrogens is 295 g/mol. The fourth-order valence-electron chi connectivity index (χ4n) is 1.89. The molecular formula is C15H14ClFN2O2. The van der Waals surface area contributed by atoms with Gasteiger partial charge in [0.25, 0.3) is 0 Å². The van der Waals surface area contributed by atoms with Gasteiger partial charge >= 0.3 is 0 Å². The highest BCUT2D eigenvalue weighted by Gasteiger charge is 2.09. The Hall–Kier alpha value is -2.27. The summed E-state index contributed by atoms with van der Waals surface area (Å²) in [6, 6.07) is 9.06. The molecule has 0 atom stereocenters. The number of carbonyl (C=O) groups excluding carboxylic acids is 1. The van der Waals surface area contributed by atoms with Gasteiger partial charge in [-0.25, -0.2) is 4.39 Å². The van der Waals surface area contributed by atoms with E-state index in [1.165, 1.54) is 18.2 Å². The van der Waals surface area contributed by atoms with Crippen molar-refractivity contribution in [2.24, 2.45) is 5.73 Å². The lowest BCUT2D eigenvalue weighted by Gasteiger charge is -2.12. The third kappa shape index (κ3) is 3.64. The molecule has 0 bridgehead atoms. The molecule has 21 heavy (non-hydrogen) atoms. The molecule has 0 saturated carbocycles. The Bertz CT molecular complexity index is 677. The van der Waals surface area contributed by atoms with Crippen LogP contribution in [0.5, 0.6) is 5.75 Å². The van der Waals surface area contributed by atoms with Gasteiger partial charge in [-0.3, -0.25) is 4.79 Å². The van der Waals surface area contributed by atoms with Crippen molar-refractivity contribution in [3.8, 4) is 5.75 Å². The lowest BCUT2D eigenvalue weighted by atomic mass is 10.1. The Balaban J connectivity index is 2.22. The second-order valence-corrected chi connectivity index (χ2v) is 4.81. The number of hydrogen-bond acceptors (Lipinski definition) is 3. The quantitative estimate of drug-likeness (QED) is 0.891. The number of ether oxygens (including phenoxy) is 1. The standard InChI is InChI=1S/C15H14ClFN2O2/c1-21-14-5-3-11(16)6-10(14)8-19-13-7-9(15(18)20)2-4-12(13)17/h2-7,19H,8H2,1H3,(H2,18,20). The summed E-state index contributed by atoms with van der Waals surface area (Å²) < 4.78 is 18.9. The van der Waals surface area contributed by atoms with Crippen molar-refractivity contribution < 1.29 is 13.9 Å². The molecule has 2 aromatic carbocycles. The molecule has 0 saturated heterocycles. The first-order chi connectivity index (χ1) is 10.0. The number of methoxy groups -OCH3 is 1. The number of nitrogens with two attached hydrogens (primary N) is 1. The average Bonchev–Trinajstić information content (AvgIpc) is 2.46. The van der Waals surface area contributed by atoms with Crippen molar-refractivity contribution in [2.45, 2.75) is 6.54 Å². The lowest BCUT2D eigenvalue weighted by molar-refractivity contribution is 0.100. The van der Waals surface area contributed by atoms with E-state index in [2.05, 4.69) is 5.32 Å². The van der Waals surface area contributed by atoms with Crippen LogP contribution in [0.1, 0.15) is 15.9 Å². The molecule has 0 heterocycles. The minimum atomic E-state index is -0.613. The summed E-state index contributed by atoms with van der Waals surface area (Å²) in [5.41, 5.74) is 6.37. The number of carbonyl (C=O) groups is 1. The molecule has 0 unspecified atom stereocenters. The second kappa shape index (κ2) is 6.45. The summed E-state index contributed by atoms with van der Waals surface area (Å²) in [4.78, 5) is 11.1. The SMILES string of the molecule is COc1ccc(Cl)cc1CNc1cc(C(N)=O)ccc1F. The van der Waals surface area contributed by atoms with Crippen molar-refractivity contribution in [1.82, 2.24) is 0 Å². The van der Waals surface area contributed by atoms with Gasteiger partial charge < -0.3 is 15.8 Å². The Morgan fingerprint density at radius 3 is 2.76 bits per heavy atom. The summed E-state index contributed by atoms with van der Waals surface area (Å²) in [5.74, 6) is -0.447. The molecule has 0 aliphatic heterocycles. The maximum absolute atomic E-state index is 13.7. The third-order valence-electron chi connectivity index (χ3n) is 2.96. The topological polar surface area (TPSA) is 64.3 Å². The van der Waals surface area contributed by atoms with Crippen LogP contribution >= 0.6 is 11.6 Å². The van der Waals surface area contributed by atoms with E-state index in [0.29, 0.717) is 17.3 Å². The van der Waals surface area contributed by atoms with Crippen LogP contribution in [0.25, 0.3) is 0 Å². The maximum atomic E-state index is 13.7. The zero-order valence-electron chi connectivity index (χ0n) is 11.3. The van der Waals surface area contributed by atoms with Gasteiger partial charge in [-0.15, -0.1) is 0 Å². The largest absolute Gasteiger partial charge is 0.496 e. The highest BCUT2D eigenvalue weighted by molar-refractivity contribution is 6.30. The van der Waals surface area contributed by atoms with Crippen molar-refractivity contribution in [3.63, 3.8) is 0 Å². The van der Waals surface area contributed by atoms with Gasteiger partial charge in [0.05, 0.1) is 12.8 Å². The van der Waals surface area contributed by atoms with Crippen LogP contribution in [-0.4, -0.2) is 13.0 Å². The van der Waals surface area contributed by atoms with E-state index in [9.17, 15) is 9.18 Å². The highest BCUT2D eigenvalue weighted by atomic mass is 35.5. The number of hydrogen-bond donors (Lipinski definition) is 2. The van der Waals surface area contributed by atoms with Crippen molar-refractivity contribution >= 4 is 23.2 Å². The van der Waals surface area contributed by atoms with Crippen LogP contribution < -0.4 is 15.8 Å². The molecule has 0 aromatic heterocycles. The van der Waals surface area contributed by atoms with Crippen LogP contribution in [0, 0.1) is 5.82 Å². The van der Waals surface area contributed by atoms with Crippen molar-refractivity contribution in [3.05, 3.63) is 58.4 Å². The predicted octanol–water partition coefficient (Wildman–Crippen LogP) is 3.20. The minimum absolute atomic E-state index is 0.188. The van der Waals surface area contributed by atoms with E-state index >= 15 is 0 Å². The monoisotopic (exact) mass is 308 g/mol. The second-order valence-electron chi connectivity index (χ2n) is 4.37. The smallest absolute Gasteiger partial charge is 0.248 e. The van der Waals surface area contributed by atoms with E-state index in [4.69, 9.17) is 22.1 Å². The van der Waals surface area contributed by atoms with Crippen molar-refractivity contribution in [1.29, 1.82) is 0 Å². The molecule has 6 heteroatoms. The summed E-state index contributed by atoms with van der Waals surface area (Å²) >= 11 is 5.94. The van der Waals surface area contributed by atoms with Crippen LogP contribution in [0.2, 0.25) is 5.02 Å². The van der Waals surface area contributed by atoms with Crippen LogP contribution in [-0.2, 0) is 6.54 Å². The van der Waals surface area contributed by atoms with Gasteiger partial charge in [-0.05, 0) is 36.4 Å². The van der Waals surface area contributed by atoms with E-state index in [0.717, 1.165) is 5.56 Å². The van der Waals surface area contributed by atoms with E-state index in [-0.39, 0.29) is 11.3 Å². The number of halogens is 2. The highest BCUT2D eigenvalue weighted by Crippen LogP contribution is 2.24. The number of amides is 1. The molecule has 1 amide bonds. The number of nitrogens with one attached hydrogen (secondary N) is 1. The molecule has 0 aliphatic carbocycles. The minimum Gasteiger partial charge on any atom is -0.496 e. The summed E-state index contributed by atoms with van der Waals surface area (Å²) in [6.07, 6.45) is 0. The maximum Gasteiger partial charge on any atom is 0.248 e. The van der Waals surface area contributed by atoms with Gasteiger partial charge in [0.2, 0.25) is 5.91 Å². The zero-order valence-corrected chi connectivity index (χ0v) is 12.1. The van der Waals surface area contributed by atoms with Gasteiger partial charge in [0.1, 0.15) is 11.6 Å². The number of rotatable bonds is 5. The Morgan fingerprint density at radius 1 is 1.33 bits per heavy atom. The van der Waals surface area contributed by atoms with Gasteiger partial charge in [0.15, 0.2) is 0 Å². The van der Waals surface area contributed by atoms with Crippen LogP contribution in [0.4, 0.5) is 10.1 Å². The first-order valence-electron chi connectivity index (χ1n) is 6.17. The summed E-state index contributed by atoms with van der Waals surface area (Å²) in [5, 5.41) is 3.46. The fourth-order valence-corrected chi connectivity index (χ4v) is 2.08. The normalized spacial score (nSPS) is 10.2. The molecule has 0 spiro atoms. The predicted molar refractivity (Wildman–Crippen MR) is 80.2 cm³/mol. The van der Waals surface area contributed by atoms with Gasteiger partial charge in [-0.1, -0.05) is 11.6 Å². The molecule has 2 aromatic rings. The molecule has 0 fully saturated rings.